The quantitative estimate of drug-likeness (QED) is 0.849. The third-order valence-electron chi connectivity index (χ3n) is 3.02. The number of furan rings is 1. The third-order valence-corrected chi connectivity index (χ3v) is 3.59. The molecule has 1 N–H and O–H groups in total. The number of ether oxygens (including phenoxy) is 1. The van der Waals surface area contributed by atoms with Crippen molar-refractivity contribution >= 4 is 11.8 Å². The molecule has 102 valence electrons. The Balaban J connectivity index is 1.67. The van der Waals surface area contributed by atoms with Crippen LogP contribution in [0.1, 0.15) is 11.5 Å². The van der Waals surface area contributed by atoms with E-state index in [1.54, 1.807) is 11.8 Å². The molecule has 5 heteroatoms. The highest BCUT2D eigenvalue weighted by Crippen LogP contribution is 2.13. The molecule has 2 heterocycles. The molecule has 1 unspecified atom stereocenters. The van der Waals surface area contributed by atoms with Crippen molar-refractivity contribution in [2.75, 3.05) is 39.5 Å². The zero-order valence-electron chi connectivity index (χ0n) is 11.1. The van der Waals surface area contributed by atoms with Gasteiger partial charge in [-0.25, -0.2) is 0 Å². The minimum absolute atomic E-state index is 0.296. The van der Waals surface area contributed by atoms with Crippen LogP contribution < -0.4 is 5.32 Å². The molecular weight excluding hydrogens is 248 g/mol. The van der Waals surface area contributed by atoms with Crippen LogP contribution in [0.3, 0.4) is 0 Å². The van der Waals surface area contributed by atoms with Crippen molar-refractivity contribution in [3.05, 3.63) is 23.7 Å². The largest absolute Gasteiger partial charge is 0.464 e. The van der Waals surface area contributed by atoms with Crippen molar-refractivity contribution < 1.29 is 9.15 Å². The molecule has 0 amide bonds. The molecule has 1 atom stereocenters. The molecule has 0 spiro atoms. The fraction of sp³-hybridized carbons (Fsp3) is 0.692. The number of hydrogen-bond acceptors (Lipinski definition) is 5. The van der Waals surface area contributed by atoms with Gasteiger partial charge in [0.25, 0.3) is 0 Å². The summed E-state index contributed by atoms with van der Waals surface area (Å²) in [5.41, 5.74) is 0. The summed E-state index contributed by atoms with van der Waals surface area (Å²) in [6, 6.07) is 4.10. The summed E-state index contributed by atoms with van der Waals surface area (Å²) in [6.45, 7) is 4.53. The molecule has 0 aliphatic carbocycles. The van der Waals surface area contributed by atoms with Gasteiger partial charge in [-0.1, -0.05) is 0 Å². The van der Waals surface area contributed by atoms with E-state index in [1.807, 2.05) is 6.07 Å². The number of thioether (sulfide) groups is 1. The highest BCUT2D eigenvalue weighted by molar-refractivity contribution is 7.97. The van der Waals surface area contributed by atoms with Crippen LogP contribution in [0.5, 0.6) is 0 Å². The first-order chi connectivity index (χ1) is 8.78. The number of hydrogen-bond donors (Lipinski definition) is 1. The standard InChI is InChI=1S/C13H22N2O2S/c1-15-5-6-16-13(9-15)8-14-7-11-3-4-12(17-11)10-18-2/h3-4,13-14H,5-10H2,1-2H3. The molecule has 0 bridgehead atoms. The van der Waals surface area contributed by atoms with Gasteiger partial charge in [-0.2, -0.15) is 11.8 Å². The predicted molar refractivity (Wildman–Crippen MR) is 74.9 cm³/mol. The van der Waals surface area contributed by atoms with Crippen molar-refractivity contribution in [2.24, 2.45) is 0 Å². The molecule has 1 saturated heterocycles. The molecule has 2 rings (SSSR count). The maximum absolute atomic E-state index is 5.70. The number of nitrogens with one attached hydrogen (secondary N) is 1. The van der Waals surface area contributed by atoms with E-state index >= 15 is 0 Å². The Morgan fingerprint density at radius 2 is 2.28 bits per heavy atom. The number of morpholine rings is 1. The Kier molecular flexibility index (Phi) is 5.56. The Labute approximate surface area is 113 Å². The summed E-state index contributed by atoms with van der Waals surface area (Å²) in [6.07, 6.45) is 2.38. The topological polar surface area (TPSA) is 37.6 Å². The summed E-state index contributed by atoms with van der Waals surface area (Å²) < 4.78 is 11.4. The lowest BCUT2D eigenvalue weighted by Crippen LogP contribution is -2.44. The number of nitrogens with zero attached hydrogens (tertiary/aromatic N) is 1. The van der Waals surface area contributed by atoms with E-state index in [-0.39, 0.29) is 0 Å². The normalized spacial score (nSPS) is 21.3. The third kappa shape index (κ3) is 4.31. The zero-order valence-corrected chi connectivity index (χ0v) is 12.0. The summed E-state index contributed by atoms with van der Waals surface area (Å²) in [5.74, 6) is 2.99. The average molecular weight is 270 g/mol. The van der Waals surface area contributed by atoms with Crippen LogP contribution in [-0.4, -0.2) is 50.5 Å². The maximum Gasteiger partial charge on any atom is 0.118 e. The Bertz CT molecular complexity index is 357. The number of likely N-dealkylation sites (N-methyl/N-ethyl adjacent to an activating group) is 1. The molecule has 4 nitrogen and oxygen atoms in total. The SMILES string of the molecule is CSCc1ccc(CNCC2CN(C)CCO2)o1. The van der Waals surface area contributed by atoms with Crippen molar-refractivity contribution in [2.45, 2.75) is 18.4 Å². The smallest absolute Gasteiger partial charge is 0.118 e. The van der Waals surface area contributed by atoms with Gasteiger partial charge < -0.3 is 19.4 Å². The highest BCUT2D eigenvalue weighted by Gasteiger charge is 2.17. The Hall–Kier alpha value is -0.490. The first-order valence-electron chi connectivity index (χ1n) is 6.35. The lowest BCUT2D eigenvalue weighted by Gasteiger charge is -2.30. The van der Waals surface area contributed by atoms with Crippen LogP contribution in [-0.2, 0) is 17.0 Å². The van der Waals surface area contributed by atoms with Gasteiger partial charge in [-0.15, -0.1) is 0 Å². The first kappa shape index (κ1) is 13.9. The highest BCUT2D eigenvalue weighted by atomic mass is 32.2. The van der Waals surface area contributed by atoms with Crippen LogP contribution in [0.4, 0.5) is 0 Å². The molecular formula is C13H22N2O2S. The van der Waals surface area contributed by atoms with Gasteiger partial charge in [-0.05, 0) is 25.4 Å². The maximum atomic E-state index is 5.70. The Morgan fingerprint density at radius 3 is 3.06 bits per heavy atom. The van der Waals surface area contributed by atoms with Crippen molar-refractivity contribution in [3.8, 4) is 0 Å². The van der Waals surface area contributed by atoms with E-state index in [2.05, 4.69) is 29.6 Å². The lowest BCUT2D eigenvalue weighted by molar-refractivity contribution is -0.0183. The van der Waals surface area contributed by atoms with Crippen molar-refractivity contribution in [3.63, 3.8) is 0 Å². The Morgan fingerprint density at radius 1 is 1.44 bits per heavy atom. The van der Waals surface area contributed by atoms with Gasteiger partial charge in [0.05, 0.1) is 25.0 Å². The van der Waals surface area contributed by atoms with Gasteiger partial charge in [0.15, 0.2) is 0 Å². The van der Waals surface area contributed by atoms with E-state index in [9.17, 15) is 0 Å². The second-order valence-corrected chi connectivity index (χ2v) is 5.55. The summed E-state index contributed by atoms with van der Waals surface area (Å²) >= 11 is 1.78. The lowest BCUT2D eigenvalue weighted by atomic mass is 10.3. The fourth-order valence-corrected chi connectivity index (χ4v) is 2.52. The average Bonchev–Trinajstić information content (AvgIpc) is 2.78. The van der Waals surface area contributed by atoms with E-state index in [4.69, 9.17) is 9.15 Å². The molecule has 1 aliphatic rings. The second-order valence-electron chi connectivity index (χ2n) is 4.69. The summed E-state index contributed by atoms with van der Waals surface area (Å²) in [7, 11) is 2.14. The van der Waals surface area contributed by atoms with Crippen LogP contribution in [0, 0.1) is 0 Å². The van der Waals surface area contributed by atoms with Crippen molar-refractivity contribution in [1.29, 1.82) is 0 Å². The van der Waals surface area contributed by atoms with Crippen LogP contribution in [0.2, 0.25) is 0 Å². The molecule has 1 aromatic heterocycles. The van der Waals surface area contributed by atoms with E-state index < -0.39 is 0 Å². The fourth-order valence-electron chi connectivity index (χ4n) is 2.08. The predicted octanol–water partition coefficient (Wildman–Crippen LogP) is 1.56. The molecule has 1 fully saturated rings. The number of rotatable bonds is 6. The van der Waals surface area contributed by atoms with Gasteiger partial charge in [0.1, 0.15) is 11.5 Å². The summed E-state index contributed by atoms with van der Waals surface area (Å²) in [4.78, 5) is 2.30. The van der Waals surface area contributed by atoms with Crippen LogP contribution in [0.15, 0.2) is 16.5 Å². The zero-order chi connectivity index (χ0) is 12.8. The van der Waals surface area contributed by atoms with Gasteiger partial charge in [0.2, 0.25) is 0 Å². The molecule has 1 aliphatic heterocycles. The van der Waals surface area contributed by atoms with Crippen molar-refractivity contribution in [1.82, 2.24) is 10.2 Å². The van der Waals surface area contributed by atoms with Gasteiger partial charge in [-0.3, -0.25) is 0 Å². The minimum Gasteiger partial charge on any atom is -0.464 e. The van der Waals surface area contributed by atoms with Crippen LogP contribution in [0.25, 0.3) is 0 Å². The second kappa shape index (κ2) is 7.19. The monoisotopic (exact) mass is 270 g/mol. The molecule has 0 saturated carbocycles. The molecule has 0 aromatic carbocycles. The van der Waals surface area contributed by atoms with Crippen LogP contribution >= 0.6 is 11.8 Å². The summed E-state index contributed by atoms with van der Waals surface area (Å²) in [5, 5.41) is 3.40. The van der Waals surface area contributed by atoms with Gasteiger partial charge >= 0.3 is 0 Å². The molecule has 18 heavy (non-hydrogen) atoms. The van der Waals surface area contributed by atoms with E-state index in [0.717, 1.165) is 50.1 Å². The minimum atomic E-state index is 0.296. The van der Waals surface area contributed by atoms with E-state index in [0.29, 0.717) is 6.10 Å². The van der Waals surface area contributed by atoms with E-state index in [1.165, 1.54) is 0 Å². The first-order valence-corrected chi connectivity index (χ1v) is 7.74. The van der Waals surface area contributed by atoms with Gasteiger partial charge in [0, 0.05) is 19.6 Å². The molecule has 0 radical (unpaired) electrons. The molecule has 1 aromatic rings.